The SMILES string of the molecule is CC(C)(C)c1cccc(N2c3cc(C(C)(C)C)ccc3B3c4cc(-c5ccccc5)ccc4N(c4ccc(-c5ccccc5)cc4)c4cc(N5c6ccc(C(C)(C)C)cc6C6(C)CC(C(C)(C)C)CCC56C)cc2c43)c1. The smallest absolute Gasteiger partial charge is 0.252 e. The minimum atomic E-state index is -0.198. The fourth-order valence-corrected chi connectivity index (χ4v) is 13.9. The second kappa shape index (κ2) is 17.4. The lowest BCUT2D eigenvalue weighted by Crippen LogP contribution is -2.61. The van der Waals surface area contributed by atoms with Crippen molar-refractivity contribution in [3.05, 3.63) is 198 Å². The van der Waals surface area contributed by atoms with Crippen LogP contribution in [0.15, 0.2) is 176 Å². The summed E-state index contributed by atoms with van der Waals surface area (Å²) in [6.45, 7) is 33.9. The number of nitrogens with zero attached hydrogens (tertiary/aromatic N) is 3. The highest BCUT2D eigenvalue weighted by Crippen LogP contribution is 2.64. The molecule has 1 saturated carbocycles. The molecule has 3 nitrogen and oxygen atoms in total. The number of hydrogen-bond acceptors (Lipinski definition) is 3. The fraction of sp³-hybridized carbons (Fsp3) is 0.333. The molecule has 0 saturated heterocycles. The first kappa shape index (κ1) is 50.1. The first-order valence-electron chi connectivity index (χ1n) is 28.3. The Kier molecular flexibility index (Phi) is 11.4. The van der Waals surface area contributed by atoms with E-state index in [0.717, 1.165) is 18.5 Å². The highest BCUT2D eigenvalue weighted by Gasteiger charge is 2.61. The van der Waals surface area contributed by atoms with Crippen LogP contribution in [-0.2, 0) is 21.7 Å². The van der Waals surface area contributed by atoms with Crippen LogP contribution in [0, 0.1) is 11.3 Å². The molecule has 12 rings (SSSR count). The van der Waals surface area contributed by atoms with Gasteiger partial charge >= 0.3 is 0 Å². The van der Waals surface area contributed by atoms with Gasteiger partial charge in [-0.25, -0.2) is 0 Å². The molecule has 1 aliphatic carbocycles. The Morgan fingerprint density at radius 1 is 0.421 bits per heavy atom. The van der Waals surface area contributed by atoms with E-state index in [4.69, 9.17) is 0 Å². The maximum atomic E-state index is 2.84. The molecule has 4 heteroatoms. The van der Waals surface area contributed by atoms with Crippen molar-refractivity contribution in [3.8, 4) is 22.3 Å². The van der Waals surface area contributed by atoms with Crippen molar-refractivity contribution in [3.63, 3.8) is 0 Å². The molecule has 76 heavy (non-hydrogen) atoms. The first-order valence-corrected chi connectivity index (χ1v) is 28.3. The van der Waals surface area contributed by atoms with Crippen molar-refractivity contribution >= 4 is 68.6 Å². The molecule has 3 aliphatic heterocycles. The first-order chi connectivity index (χ1) is 35.9. The zero-order valence-corrected chi connectivity index (χ0v) is 47.9. The molecule has 384 valence electrons. The summed E-state index contributed by atoms with van der Waals surface area (Å²) in [7, 11) is 0. The lowest BCUT2D eigenvalue weighted by molar-refractivity contribution is 0.0786. The molecular formula is C72H78BN3. The lowest BCUT2D eigenvalue weighted by atomic mass is 9.33. The monoisotopic (exact) mass is 996 g/mol. The molecule has 3 atom stereocenters. The number of hydrogen-bond donors (Lipinski definition) is 0. The summed E-state index contributed by atoms with van der Waals surface area (Å²) >= 11 is 0. The quantitative estimate of drug-likeness (QED) is 0.159. The van der Waals surface area contributed by atoms with Gasteiger partial charge in [0.2, 0.25) is 0 Å². The molecule has 1 fully saturated rings. The van der Waals surface area contributed by atoms with Crippen molar-refractivity contribution in [2.24, 2.45) is 11.3 Å². The van der Waals surface area contributed by atoms with Gasteiger partial charge in [0.05, 0.1) is 5.54 Å². The van der Waals surface area contributed by atoms with E-state index in [1.165, 1.54) is 107 Å². The molecule has 0 aromatic heterocycles. The van der Waals surface area contributed by atoms with E-state index in [9.17, 15) is 0 Å². The zero-order valence-electron chi connectivity index (χ0n) is 47.9. The lowest BCUT2D eigenvalue weighted by Gasteiger charge is -2.55. The van der Waals surface area contributed by atoms with Gasteiger partial charge in [-0.05, 0) is 169 Å². The summed E-state index contributed by atoms with van der Waals surface area (Å²) in [5.74, 6) is 0.604. The van der Waals surface area contributed by atoms with Gasteiger partial charge in [0.1, 0.15) is 0 Å². The van der Waals surface area contributed by atoms with E-state index in [0.29, 0.717) is 5.92 Å². The van der Waals surface area contributed by atoms with Crippen molar-refractivity contribution < 1.29 is 0 Å². The molecule has 0 N–H and O–H groups in total. The van der Waals surface area contributed by atoms with Gasteiger partial charge in [0, 0.05) is 50.9 Å². The van der Waals surface area contributed by atoms with Crippen molar-refractivity contribution in [2.75, 3.05) is 14.7 Å². The zero-order chi connectivity index (χ0) is 53.5. The van der Waals surface area contributed by atoms with Crippen LogP contribution in [0.25, 0.3) is 22.3 Å². The number of benzene rings is 8. The van der Waals surface area contributed by atoms with Gasteiger partial charge in [0.15, 0.2) is 0 Å². The van der Waals surface area contributed by atoms with Crippen LogP contribution in [0.3, 0.4) is 0 Å². The Hall–Kier alpha value is -6.78. The standard InChI is InChI=1S/C72H78BN3/c1-67(2,3)51-26-21-27-56(41-51)75-63-43-53(69(7,8)9)31-35-59(63)73-60-40-50(48-24-19-16-20-25-48)30-36-62(60)74(55-33-28-49(29-34-55)47-22-17-15-18-23-47)64-44-57(45-65(75)66(64)73)76-61-37-32-52(68(4,5)6)42-58(61)71(13)46-54(70(10,11)12)38-39-72(71,76)14/h15-37,40-45,54H,38-39,46H2,1-14H3. The van der Waals surface area contributed by atoms with Crippen molar-refractivity contribution in [1.29, 1.82) is 0 Å². The Bertz CT molecular complexity index is 3550. The second-order valence-corrected chi connectivity index (χ2v) is 27.6. The average molecular weight is 996 g/mol. The summed E-state index contributed by atoms with van der Waals surface area (Å²) in [5.41, 5.74) is 24.2. The van der Waals surface area contributed by atoms with Gasteiger partial charge < -0.3 is 14.7 Å². The Balaban J connectivity index is 1.19. The van der Waals surface area contributed by atoms with E-state index in [1.54, 1.807) is 0 Å². The molecule has 8 aromatic rings. The van der Waals surface area contributed by atoms with Gasteiger partial charge in [-0.3, -0.25) is 0 Å². The molecule has 0 radical (unpaired) electrons. The highest BCUT2D eigenvalue weighted by atomic mass is 15.3. The van der Waals surface area contributed by atoms with Gasteiger partial charge in [-0.2, -0.15) is 0 Å². The summed E-state index contributed by atoms with van der Waals surface area (Å²) in [6.07, 6.45) is 3.44. The maximum absolute atomic E-state index is 2.84. The van der Waals surface area contributed by atoms with Gasteiger partial charge in [-0.15, -0.1) is 0 Å². The van der Waals surface area contributed by atoms with Crippen LogP contribution in [0.2, 0.25) is 0 Å². The number of anilines is 8. The topological polar surface area (TPSA) is 9.72 Å². The summed E-state index contributed by atoms with van der Waals surface area (Å²) in [5, 5.41) is 0. The molecule has 8 aromatic carbocycles. The normalized spacial score (nSPS) is 19.9. The molecule has 0 spiro atoms. The van der Waals surface area contributed by atoms with E-state index < -0.39 is 0 Å². The summed E-state index contributed by atoms with van der Waals surface area (Å²) in [6, 6.07) is 68.1. The Labute approximate surface area is 456 Å². The maximum Gasteiger partial charge on any atom is 0.252 e. The van der Waals surface area contributed by atoms with E-state index in [2.05, 4.69) is 288 Å². The summed E-state index contributed by atoms with van der Waals surface area (Å²) < 4.78 is 0. The van der Waals surface area contributed by atoms with Crippen LogP contribution in [-0.4, -0.2) is 12.3 Å². The van der Waals surface area contributed by atoms with Gasteiger partial charge in [-0.1, -0.05) is 211 Å². The van der Waals surface area contributed by atoms with E-state index in [-0.39, 0.29) is 39.3 Å². The number of fused-ring (bicyclic) bond motifs is 7. The van der Waals surface area contributed by atoms with Crippen molar-refractivity contribution in [1.82, 2.24) is 0 Å². The minimum absolute atomic E-state index is 0.0179. The third kappa shape index (κ3) is 7.98. The van der Waals surface area contributed by atoms with E-state index >= 15 is 0 Å². The second-order valence-electron chi connectivity index (χ2n) is 27.6. The molecule has 0 amide bonds. The van der Waals surface area contributed by atoms with Crippen LogP contribution in [0.5, 0.6) is 0 Å². The molecule has 3 unspecified atom stereocenters. The number of rotatable bonds is 5. The highest BCUT2D eigenvalue weighted by molar-refractivity contribution is 7.00. The predicted molar refractivity (Wildman–Crippen MR) is 329 cm³/mol. The summed E-state index contributed by atoms with van der Waals surface area (Å²) in [4.78, 5) is 8.13. The van der Waals surface area contributed by atoms with E-state index in [1.807, 2.05) is 0 Å². The molecule has 4 aliphatic rings. The molecule has 0 bridgehead atoms. The minimum Gasteiger partial charge on any atom is -0.334 e. The van der Waals surface area contributed by atoms with Crippen LogP contribution >= 0.6 is 0 Å². The molecule has 3 heterocycles. The van der Waals surface area contributed by atoms with Crippen LogP contribution in [0.1, 0.15) is 138 Å². The predicted octanol–water partition coefficient (Wildman–Crippen LogP) is 18.0. The van der Waals surface area contributed by atoms with Gasteiger partial charge in [0.25, 0.3) is 6.71 Å². The Morgan fingerprint density at radius 3 is 1.58 bits per heavy atom. The molecular weight excluding hydrogens is 918 g/mol. The third-order valence-corrected chi connectivity index (χ3v) is 18.7. The van der Waals surface area contributed by atoms with Crippen molar-refractivity contribution in [2.45, 2.75) is 143 Å². The third-order valence-electron chi connectivity index (χ3n) is 18.7. The van der Waals surface area contributed by atoms with Crippen LogP contribution < -0.4 is 31.1 Å². The fourth-order valence-electron chi connectivity index (χ4n) is 13.9. The van der Waals surface area contributed by atoms with Crippen LogP contribution in [0.4, 0.5) is 45.5 Å². The average Bonchev–Trinajstić information content (AvgIpc) is 3.86. The Morgan fingerprint density at radius 2 is 0.961 bits per heavy atom. The largest absolute Gasteiger partial charge is 0.334 e.